The number of aromatic carboxylic acids is 1. The zero-order chi connectivity index (χ0) is 15.5. The molecule has 0 aliphatic rings. The van der Waals surface area contributed by atoms with Gasteiger partial charge in [0, 0.05) is 18.3 Å². The van der Waals surface area contributed by atoms with Crippen molar-refractivity contribution in [2.45, 2.75) is 39.7 Å². The number of carboxylic acid groups (broad SMARTS) is 1. The lowest BCUT2D eigenvalue weighted by Gasteiger charge is -2.34. The van der Waals surface area contributed by atoms with Gasteiger partial charge in [0.15, 0.2) is 0 Å². The number of nitrogens with zero attached hydrogens (tertiary/aromatic N) is 1. The zero-order valence-corrected chi connectivity index (χ0v) is 12.7. The molecular formula is C15H22N2O3. The van der Waals surface area contributed by atoms with Crippen molar-refractivity contribution in [3.05, 3.63) is 29.3 Å². The first-order valence-electron chi connectivity index (χ1n) is 6.57. The van der Waals surface area contributed by atoms with Gasteiger partial charge in [-0.25, -0.2) is 9.59 Å². The number of urea groups is 1. The SMILES string of the molecule is CCC(C)(C)N(C)C(=O)Nc1ccc(C)c(C(=O)O)c1. The van der Waals surface area contributed by atoms with Crippen molar-refractivity contribution in [3.63, 3.8) is 0 Å². The van der Waals surface area contributed by atoms with Crippen LogP contribution in [0, 0.1) is 6.92 Å². The second kappa shape index (κ2) is 5.94. The Labute approximate surface area is 119 Å². The largest absolute Gasteiger partial charge is 0.478 e. The van der Waals surface area contributed by atoms with Gasteiger partial charge in [0.2, 0.25) is 0 Å². The number of carbonyl (C=O) groups is 2. The molecule has 0 bridgehead atoms. The maximum Gasteiger partial charge on any atom is 0.336 e. The fourth-order valence-corrected chi connectivity index (χ4v) is 1.65. The van der Waals surface area contributed by atoms with E-state index < -0.39 is 5.97 Å². The molecular weight excluding hydrogens is 256 g/mol. The molecule has 2 N–H and O–H groups in total. The van der Waals surface area contributed by atoms with Gasteiger partial charge in [-0.3, -0.25) is 0 Å². The molecule has 110 valence electrons. The molecule has 1 rings (SSSR count). The second-order valence-electron chi connectivity index (χ2n) is 5.49. The highest BCUT2D eigenvalue weighted by Crippen LogP contribution is 2.20. The predicted octanol–water partition coefficient (Wildman–Crippen LogP) is 3.35. The number of anilines is 1. The molecule has 0 unspecified atom stereocenters. The van der Waals surface area contributed by atoms with E-state index in [2.05, 4.69) is 5.32 Å². The molecule has 0 saturated carbocycles. The Morgan fingerprint density at radius 2 is 1.95 bits per heavy atom. The molecule has 0 radical (unpaired) electrons. The van der Waals surface area contributed by atoms with Crippen molar-refractivity contribution in [1.82, 2.24) is 4.90 Å². The first-order valence-corrected chi connectivity index (χ1v) is 6.57. The fraction of sp³-hybridized carbons (Fsp3) is 0.467. The molecule has 20 heavy (non-hydrogen) atoms. The number of amides is 2. The summed E-state index contributed by atoms with van der Waals surface area (Å²) < 4.78 is 0. The van der Waals surface area contributed by atoms with Gasteiger partial charge < -0.3 is 15.3 Å². The van der Waals surface area contributed by atoms with E-state index in [1.165, 1.54) is 6.07 Å². The average Bonchev–Trinajstić information content (AvgIpc) is 2.39. The van der Waals surface area contributed by atoms with Crippen molar-refractivity contribution in [2.24, 2.45) is 0 Å². The minimum Gasteiger partial charge on any atom is -0.478 e. The normalized spacial score (nSPS) is 11.1. The summed E-state index contributed by atoms with van der Waals surface area (Å²) in [4.78, 5) is 24.8. The number of hydrogen-bond donors (Lipinski definition) is 2. The van der Waals surface area contributed by atoms with Crippen molar-refractivity contribution in [2.75, 3.05) is 12.4 Å². The lowest BCUT2D eigenvalue weighted by molar-refractivity contribution is 0.0696. The van der Waals surface area contributed by atoms with Crippen LogP contribution in [0.15, 0.2) is 18.2 Å². The van der Waals surface area contributed by atoms with E-state index in [9.17, 15) is 9.59 Å². The van der Waals surface area contributed by atoms with E-state index in [-0.39, 0.29) is 17.1 Å². The number of hydrogen-bond acceptors (Lipinski definition) is 2. The van der Waals surface area contributed by atoms with E-state index in [0.717, 1.165) is 6.42 Å². The molecule has 0 saturated heterocycles. The highest BCUT2D eigenvalue weighted by atomic mass is 16.4. The quantitative estimate of drug-likeness (QED) is 0.887. The highest BCUT2D eigenvalue weighted by Gasteiger charge is 2.25. The van der Waals surface area contributed by atoms with Crippen LogP contribution in [0.4, 0.5) is 10.5 Å². The molecule has 0 aliphatic carbocycles. The van der Waals surface area contributed by atoms with Gasteiger partial charge >= 0.3 is 12.0 Å². The number of nitrogens with one attached hydrogen (secondary N) is 1. The van der Waals surface area contributed by atoms with Crippen molar-refractivity contribution >= 4 is 17.7 Å². The first-order chi connectivity index (χ1) is 9.19. The van der Waals surface area contributed by atoms with E-state index >= 15 is 0 Å². The fourth-order valence-electron chi connectivity index (χ4n) is 1.65. The molecule has 1 aromatic carbocycles. The Balaban J connectivity index is 2.92. The number of carboxylic acids is 1. The van der Waals surface area contributed by atoms with E-state index in [1.807, 2.05) is 20.8 Å². The van der Waals surface area contributed by atoms with Gasteiger partial charge in [0.05, 0.1) is 5.56 Å². The third-order valence-electron chi connectivity index (χ3n) is 3.80. The van der Waals surface area contributed by atoms with Gasteiger partial charge in [-0.2, -0.15) is 0 Å². The molecule has 0 spiro atoms. The van der Waals surface area contributed by atoms with Crippen molar-refractivity contribution < 1.29 is 14.7 Å². The van der Waals surface area contributed by atoms with Gasteiger partial charge in [0.1, 0.15) is 0 Å². The summed E-state index contributed by atoms with van der Waals surface area (Å²) in [7, 11) is 1.73. The maximum absolute atomic E-state index is 12.2. The van der Waals surface area contributed by atoms with Crippen molar-refractivity contribution in [3.8, 4) is 0 Å². The number of carbonyl (C=O) groups excluding carboxylic acids is 1. The molecule has 1 aromatic rings. The zero-order valence-electron chi connectivity index (χ0n) is 12.7. The first kappa shape index (κ1) is 16.0. The van der Waals surface area contributed by atoms with Crippen LogP contribution in [0.2, 0.25) is 0 Å². The third kappa shape index (κ3) is 3.50. The topological polar surface area (TPSA) is 69.6 Å². The average molecular weight is 278 g/mol. The van der Waals surface area contributed by atoms with E-state index in [4.69, 9.17) is 5.11 Å². The molecule has 0 aliphatic heterocycles. The van der Waals surface area contributed by atoms with Crippen LogP contribution < -0.4 is 5.32 Å². The minimum absolute atomic E-state index is 0.195. The Kier molecular flexibility index (Phi) is 4.76. The van der Waals surface area contributed by atoms with Crippen molar-refractivity contribution in [1.29, 1.82) is 0 Å². The molecule has 0 fully saturated rings. The summed E-state index contributed by atoms with van der Waals surface area (Å²) in [6.07, 6.45) is 0.825. The van der Waals surface area contributed by atoms with Gasteiger partial charge in [-0.05, 0) is 44.9 Å². The second-order valence-corrected chi connectivity index (χ2v) is 5.49. The van der Waals surface area contributed by atoms with Crippen LogP contribution in [0.5, 0.6) is 0 Å². The lowest BCUT2D eigenvalue weighted by atomic mass is 10.0. The summed E-state index contributed by atoms with van der Waals surface area (Å²) in [5.41, 5.74) is 1.08. The Hall–Kier alpha value is -2.04. The summed E-state index contributed by atoms with van der Waals surface area (Å²) in [6, 6.07) is 4.61. The van der Waals surface area contributed by atoms with Crippen LogP contribution in [0.25, 0.3) is 0 Å². The Morgan fingerprint density at radius 3 is 2.45 bits per heavy atom. The highest BCUT2D eigenvalue weighted by molar-refractivity contribution is 5.94. The maximum atomic E-state index is 12.2. The minimum atomic E-state index is -0.999. The van der Waals surface area contributed by atoms with Crippen LogP contribution in [-0.4, -0.2) is 34.6 Å². The number of rotatable bonds is 4. The molecule has 2 amide bonds. The van der Waals surface area contributed by atoms with Crippen LogP contribution in [0.3, 0.4) is 0 Å². The Morgan fingerprint density at radius 1 is 1.35 bits per heavy atom. The molecule has 5 heteroatoms. The van der Waals surface area contributed by atoms with E-state index in [1.54, 1.807) is 31.0 Å². The summed E-state index contributed by atoms with van der Waals surface area (Å²) in [5, 5.41) is 11.8. The number of aryl methyl sites for hydroxylation is 1. The lowest BCUT2D eigenvalue weighted by Crippen LogP contribution is -2.46. The summed E-state index contributed by atoms with van der Waals surface area (Å²) >= 11 is 0. The molecule has 0 aromatic heterocycles. The standard InChI is InChI=1S/C15H22N2O3/c1-6-15(3,4)17(5)14(20)16-11-8-7-10(2)12(9-11)13(18)19/h7-9H,6H2,1-5H3,(H,16,20)(H,18,19). The van der Waals surface area contributed by atoms with Crippen LogP contribution in [-0.2, 0) is 0 Å². The van der Waals surface area contributed by atoms with E-state index in [0.29, 0.717) is 11.3 Å². The predicted molar refractivity (Wildman–Crippen MR) is 79.3 cm³/mol. The number of benzene rings is 1. The van der Waals surface area contributed by atoms with Gasteiger partial charge in [-0.15, -0.1) is 0 Å². The molecule has 0 atom stereocenters. The third-order valence-corrected chi connectivity index (χ3v) is 3.80. The molecule has 5 nitrogen and oxygen atoms in total. The van der Waals surface area contributed by atoms with Gasteiger partial charge in [-0.1, -0.05) is 13.0 Å². The monoisotopic (exact) mass is 278 g/mol. The van der Waals surface area contributed by atoms with Gasteiger partial charge in [0.25, 0.3) is 0 Å². The van der Waals surface area contributed by atoms with Crippen LogP contribution in [0.1, 0.15) is 43.1 Å². The molecule has 0 heterocycles. The summed E-state index contributed by atoms with van der Waals surface area (Å²) in [5.74, 6) is -0.999. The van der Waals surface area contributed by atoms with Crippen LogP contribution >= 0.6 is 0 Å². The smallest absolute Gasteiger partial charge is 0.336 e. The summed E-state index contributed by atoms with van der Waals surface area (Å²) in [6.45, 7) is 7.69. The Bertz CT molecular complexity index is 524.